The third-order valence-electron chi connectivity index (χ3n) is 3.05. The molecule has 22 heavy (non-hydrogen) atoms. The van der Waals surface area contributed by atoms with Gasteiger partial charge >= 0.3 is 0 Å². The summed E-state index contributed by atoms with van der Waals surface area (Å²) in [7, 11) is 0. The monoisotopic (exact) mass is 321 g/mol. The smallest absolute Gasteiger partial charge is 0.224 e. The first-order chi connectivity index (χ1) is 10.5. The van der Waals surface area contributed by atoms with Crippen molar-refractivity contribution >= 4 is 23.2 Å². The van der Waals surface area contributed by atoms with E-state index >= 15 is 0 Å². The molecule has 2 aromatic rings. The summed E-state index contributed by atoms with van der Waals surface area (Å²) in [6.07, 6.45) is 0.881. The van der Waals surface area contributed by atoms with Crippen LogP contribution in [0.25, 0.3) is 0 Å². The quantitative estimate of drug-likeness (QED) is 0.790. The predicted molar refractivity (Wildman–Crippen MR) is 85.9 cm³/mol. The van der Waals surface area contributed by atoms with Crippen molar-refractivity contribution in [3.63, 3.8) is 0 Å². The van der Waals surface area contributed by atoms with Gasteiger partial charge in [0.25, 0.3) is 0 Å². The molecule has 0 fully saturated rings. The fraction of sp³-hybridized carbons (Fsp3) is 0.235. The van der Waals surface area contributed by atoms with Crippen LogP contribution in [0.3, 0.4) is 0 Å². The molecule has 1 N–H and O–H groups in total. The number of ether oxygens (including phenoxy) is 1. The molecule has 0 heterocycles. The number of anilines is 1. The second kappa shape index (κ2) is 7.80. The number of rotatable bonds is 6. The van der Waals surface area contributed by atoms with Crippen LogP contribution in [0.5, 0.6) is 5.75 Å². The van der Waals surface area contributed by atoms with Gasteiger partial charge in [0.1, 0.15) is 11.6 Å². The van der Waals surface area contributed by atoms with Crippen LogP contribution in [-0.2, 0) is 4.79 Å². The maximum Gasteiger partial charge on any atom is 0.224 e. The van der Waals surface area contributed by atoms with Gasteiger partial charge < -0.3 is 10.1 Å². The molecular weight excluding hydrogens is 305 g/mol. The van der Waals surface area contributed by atoms with Crippen molar-refractivity contribution < 1.29 is 13.9 Å². The summed E-state index contributed by atoms with van der Waals surface area (Å²) in [5, 5.41) is 3.34. The lowest BCUT2D eigenvalue weighted by Crippen LogP contribution is -2.12. The zero-order chi connectivity index (χ0) is 15.9. The van der Waals surface area contributed by atoms with Crippen LogP contribution in [0.4, 0.5) is 10.1 Å². The zero-order valence-corrected chi connectivity index (χ0v) is 13.0. The van der Waals surface area contributed by atoms with Crippen molar-refractivity contribution in [3.05, 3.63) is 58.9 Å². The number of amides is 1. The lowest BCUT2D eigenvalue weighted by atomic mass is 10.2. The van der Waals surface area contributed by atoms with Gasteiger partial charge in [0.05, 0.1) is 6.61 Å². The number of nitrogens with one attached hydrogen (secondary N) is 1. The zero-order valence-electron chi connectivity index (χ0n) is 12.2. The highest BCUT2D eigenvalue weighted by Crippen LogP contribution is 2.21. The molecule has 5 heteroatoms. The predicted octanol–water partition coefficient (Wildman–Crippen LogP) is 4.59. The topological polar surface area (TPSA) is 38.3 Å². The highest BCUT2D eigenvalue weighted by Gasteiger charge is 2.04. The molecule has 1 amide bonds. The fourth-order valence-electron chi connectivity index (χ4n) is 1.92. The summed E-state index contributed by atoms with van der Waals surface area (Å²) >= 11 is 5.94. The van der Waals surface area contributed by atoms with Crippen molar-refractivity contribution in [1.29, 1.82) is 0 Å². The minimum Gasteiger partial charge on any atom is -0.494 e. The van der Waals surface area contributed by atoms with Gasteiger partial charge in [0.2, 0.25) is 5.91 Å². The van der Waals surface area contributed by atoms with Crippen LogP contribution in [0.1, 0.15) is 18.4 Å². The minimum absolute atomic E-state index is 0.165. The Balaban J connectivity index is 1.72. The Bertz CT molecular complexity index is 661. The van der Waals surface area contributed by atoms with Gasteiger partial charge in [-0.05, 0) is 55.3 Å². The molecule has 0 radical (unpaired) electrons. The number of carbonyl (C=O) groups is 1. The lowest BCUT2D eigenvalue weighted by Gasteiger charge is -2.08. The molecule has 2 rings (SSSR count). The van der Waals surface area contributed by atoms with Crippen molar-refractivity contribution in [2.45, 2.75) is 19.8 Å². The normalized spacial score (nSPS) is 10.3. The molecule has 0 aliphatic rings. The SMILES string of the molecule is Cc1cc(OCCCC(=O)Nc2cccc(F)c2)ccc1Cl. The van der Waals surface area contributed by atoms with Gasteiger partial charge in [0, 0.05) is 17.1 Å². The van der Waals surface area contributed by atoms with E-state index in [9.17, 15) is 9.18 Å². The number of carbonyl (C=O) groups excluding carboxylic acids is 1. The second-order valence-electron chi connectivity index (χ2n) is 4.92. The number of hydrogen-bond donors (Lipinski definition) is 1. The van der Waals surface area contributed by atoms with E-state index < -0.39 is 0 Å². The molecule has 0 saturated carbocycles. The van der Waals surface area contributed by atoms with Crippen LogP contribution in [0.15, 0.2) is 42.5 Å². The summed E-state index contributed by atoms with van der Waals surface area (Å²) < 4.78 is 18.6. The first-order valence-electron chi connectivity index (χ1n) is 6.99. The van der Waals surface area contributed by atoms with E-state index in [-0.39, 0.29) is 11.7 Å². The Hall–Kier alpha value is -2.07. The number of benzene rings is 2. The Morgan fingerprint density at radius 2 is 2.09 bits per heavy atom. The van der Waals surface area contributed by atoms with Crippen LogP contribution in [-0.4, -0.2) is 12.5 Å². The van der Waals surface area contributed by atoms with E-state index in [4.69, 9.17) is 16.3 Å². The van der Waals surface area contributed by atoms with E-state index in [0.29, 0.717) is 30.2 Å². The maximum absolute atomic E-state index is 13.0. The van der Waals surface area contributed by atoms with Gasteiger partial charge in [-0.1, -0.05) is 17.7 Å². The number of hydrogen-bond acceptors (Lipinski definition) is 2. The van der Waals surface area contributed by atoms with Gasteiger partial charge in [-0.3, -0.25) is 4.79 Å². The van der Waals surface area contributed by atoms with E-state index in [0.717, 1.165) is 11.3 Å². The van der Waals surface area contributed by atoms with E-state index in [2.05, 4.69) is 5.32 Å². The highest BCUT2D eigenvalue weighted by molar-refractivity contribution is 6.31. The summed E-state index contributed by atoms with van der Waals surface area (Å²) in [4.78, 5) is 11.7. The molecular formula is C17H17ClFNO2. The molecule has 2 aromatic carbocycles. The van der Waals surface area contributed by atoms with Gasteiger partial charge in [0.15, 0.2) is 0 Å². The molecule has 0 atom stereocenters. The molecule has 3 nitrogen and oxygen atoms in total. The molecule has 0 aliphatic carbocycles. The second-order valence-corrected chi connectivity index (χ2v) is 5.33. The number of halogens is 2. The Kier molecular flexibility index (Phi) is 5.78. The largest absolute Gasteiger partial charge is 0.494 e. The third-order valence-corrected chi connectivity index (χ3v) is 3.48. The summed E-state index contributed by atoms with van der Waals surface area (Å²) in [5.74, 6) is 0.188. The van der Waals surface area contributed by atoms with Gasteiger partial charge in [-0.2, -0.15) is 0 Å². The molecule has 0 aromatic heterocycles. The summed E-state index contributed by atoms with van der Waals surface area (Å²) in [6.45, 7) is 2.33. The van der Waals surface area contributed by atoms with Gasteiger partial charge in [-0.25, -0.2) is 4.39 Å². The Labute approximate surface area is 134 Å². The molecule has 0 unspecified atom stereocenters. The fourth-order valence-corrected chi connectivity index (χ4v) is 2.04. The summed E-state index contributed by atoms with van der Waals surface area (Å²) in [6, 6.07) is 11.2. The van der Waals surface area contributed by atoms with Gasteiger partial charge in [-0.15, -0.1) is 0 Å². The lowest BCUT2D eigenvalue weighted by molar-refractivity contribution is -0.116. The van der Waals surface area contributed by atoms with Crippen LogP contribution in [0, 0.1) is 12.7 Å². The average molecular weight is 322 g/mol. The van der Waals surface area contributed by atoms with E-state index in [1.54, 1.807) is 24.3 Å². The van der Waals surface area contributed by atoms with E-state index in [1.165, 1.54) is 12.1 Å². The molecule has 0 aliphatic heterocycles. The molecule has 116 valence electrons. The van der Waals surface area contributed by atoms with Crippen molar-refractivity contribution in [3.8, 4) is 5.75 Å². The minimum atomic E-state index is -0.376. The molecule has 0 saturated heterocycles. The average Bonchev–Trinajstić information content (AvgIpc) is 2.47. The molecule has 0 bridgehead atoms. The van der Waals surface area contributed by atoms with Crippen LogP contribution in [0.2, 0.25) is 5.02 Å². The van der Waals surface area contributed by atoms with Crippen molar-refractivity contribution in [2.75, 3.05) is 11.9 Å². The van der Waals surface area contributed by atoms with Crippen molar-refractivity contribution in [1.82, 2.24) is 0 Å². The third kappa shape index (κ3) is 5.04. The maximum atomic E-state index is 13.0. The molecule has 0 spiro atoms. The standard InChI is InChI=1S/C17H17ClFNO2/c1-12-10-15(7-8-16(12)18)22-9-3-6-17(21)20-14-5-2-4-13(19)11-14/h2,4-5,7-8,10-11H,3,6,9H2,1H3,(H,20,21). The van der Waals surface area contributed by atoms with E-state index in [1.807, 2.05) is 13.0 Å². The van der Waals surface area contributed by atoms with Crippen LogP contribution < -0.4 is 10.1 Å². The Morgan fingerprint density at radius 3 is 2.82 bits per heavy atom. The van der Waals surface area contributed by atoms with Crippen molar-refractivity contribution in [2.24, 2.45) is 0 Å². The summed E-state index contributed by atoms with van der Waals surface area (Å²) in [5.41, 5.74) is 1.40. The highest BCUT2D eigenvalue weighted by atomic mass is 35.5. The first kappa shape index (κ1) is 16.3. The number of aryl methyl sites for hydroxylation is 1. The Morgan fingerprint density at radius 1 is 1.27 bits per heavy atom. The first-order valence-corrected chi connectivity index (χ1v) is 7.37. The van der Waals surface area contributed by atoms with Crippen LogP contribution >= 0.6 is 11.6 Å².